The Morgan fingerprint density at radius 2 is 0.711 bits per heavy atom. The van der Waals surface area contributed by atoms with Gasteiger partial charge in [0, 0.05) is 87.2 Å². The van der Waals surface area contributed by atoms with Crippen LogP contribution in [0.4, 0.5) is 22.7 Å². The number of hydrogen-bond donors (Lipinski definition) is 0. The van der Waals surface area contributed by atoms with Crippen molar-refractivity contribution in [1.82, 2.24) is 0 Å². The van der Waals surface area contributed by atoms with Gasteiger partial charge in [-0.2, -0.15) is 0 Å². The molecule has 0 fully saturated rings. The first-order chi connectivity index (χ1) is 18.3. The molecule has 0 N–H and O–H groups in total. The smallest absolute Gasteiger partial charge is 0.0447 e. The Kier molecular flexibility index (Phi) is 6.41. The topological polar surface area (TPSA) is 13.0 Å². The van der Waals surface area contributed by atoms with Crippen molar-refractivity contribution in [3.05, 3.63) is 105 Å². The summed E-state index contributed by atoms with van der Waals surface area (Å²) in [5.41, 5.74) is 12.6. The molecule has 38 heavy (non-hydrogen) atoms. The lowest BCUT2D eigenvalue weighted by atomic mass is 9.96. The number of anilines is 4. The van der Waals surface area contributed by atoms with E-state index < -0.39 is 0 Å². The summed E-state index contributed by atoms with van der Waals surface area (Å²) >= 11 is 12.7. The van der Waals surface area contributed by atoms with E-state index >= 15 is 0 Å². The molecule has 2 aliphatic heterocycles. The second-order valence-electron chi connectivity index (χ2n) is 10.7. The number of fused-ring (bicyclic) bond motifs is 4. The van der Waals surface area contributed by atoms with Gasteiger partial charge < -0.3 is 19.6 Å². The molecule has 4 aromatic carbocycles. The van der Waals surface area contributed by atoms with E-state index in [1.807, 2.05) is 12.1 Å². The highest BCUT2D eigenvalue weighted by Gasteiger charge is 2.21. The largest absolute Gasteiger partial charge is 0.370 e. The molecule has 0 spiro atoms. The van der Waals surface area contributed by atoms with E-state index in [2.05, 4.69) is 108 Å². The van der Waals surface area contributed by atoms with Crippen molar-refractivity contribution in [2.24, 2.45) is 0 Å². The first-order valence-electron chi connectivity index (χ1n) is 12.9. The van der Waals surface area contributed by atoms with Crippen LogP contribution in [0, 0.1) is 0 Å². The van der Waals surface area contributed by atoms with Crippen molar-refractivity contribution >= 4 is 46.0 Å². The maximum absolute atomic E-state index is 6.33. The SMILES string of the molecule is CN1Cc2cc(-c3ccc4c(c3)CN(C)c3ccc(Cl)cc3CN4C)ccc2N(C)Cc2cc(Cl)ccc21. The third kappa shape index (κ3) is 4.57. The Morgan fingerprint density at radius 1 is 0.421 bits per heavy atom. The summed E-state index contributed by atoms with van der Waals surface area (Å²) in [6.45, 7) is 3.30. The van der Waals surface area contributed by atoms with Gasteiger partial charge in [0.2, 0.25) is 0 Å². The molecular weight excluding hydrogens is 511 g/mol. The molecule has 0 bridgehead atoms. The number of rotatable bonds is 1. The summed E-state index contributed by atoms with van der Waals surface area (Å²) in [7, 11) is 8.65. The molecule has 2 heterocycles. The molecule has 0 atom stereocenters. The first-order valence-corrected chi connectivity index (χ1v) is 13.7. The van der Waals surface area contributed by atoms with E-state index in [-0.39, 0.29) is 0 Å². The molecule has 0 aromatic heterocycles. The van der Waals surface area contributed by atoms with Crippen LogP contribution in [0.25, 0.3) is 11.1 Å². The third-order valence-corrected chi connectivity index (χ3v) is 8.32. The minimum Gasteiger partial charge on any atom is -0.370 e. The summed E-state index contributed by atoms with van der Waals surface area (Å²) in [5.74, 6) is 0. The van der Waals surface area contributed by atoms with Crippen molar-refractivity contribution in [3.8, 4) is 11.1 Å². The lowest BCUT2D eigenvalue weighted by Gasteiger charge is -2.33. The van der Waals surface area contributed by atoms with Crippen molar-refractivity contribution < 1.29 is 0 Å². The van der Waals surface area contributed by atoms with E-state index in [9.17, 15) is 0 Å². The summed E-state index contributed by atoms with van der Waals surface area (Å²) in [4.78, 5) is 9.32. The number of nitrogens with zero attached hydrogens (tertiary/aromatic N) is 4. The Balaban J connectivity index is 1.35. The van der Waals surface area contributed by atoms with Crippen LogP contribution in [0.1, 0.15) is 22.3 Å². The van der Waals surface area contributed by atoms with Crippen LogP contribution in [0.2, 0.25) is 10.0 Å². The van der Waals surface area contributed by atoms with Crippen LogP contribution in [0.3, 0.4) is 0 Å². The van der Waals surface area contributed by atoms with Crippen LogP contribution in [-0.4, -0.2) is 28.2 Å². The van der Waals surface area contributed by atoms with Gasteiger partial charge in [0.05, 0.1) is 0 Å². The zero-order valence-electron chi connectivity index (χ0n) is 22.3. The highest BCUT2D eigenvalue weighted by atomic mass is 35.5. The normalized spacial score (nSPS) is 15.0. The van der Waals surface area contributed by atoms with E-state index in [0.717, 1.165) is 36.2 Å². The van der Waals surface area contributed by atoms with Gasteiger partial charge in [-0.3, -0.25) is 0 Å². The average molecular weight is 544 g/mol. The predicted molar refractivity (Wildman–Crippen MR) is 163 cm³/mol. The molecule has 6 rings (SSSR count). The van der Waals surface area contributed by atoms with Crippen LogP contribution >= 0.6 is 23.2 Å². The summed E-state index contributed by atoms with van der Waals surface area (Å²) in [5, 5.41) is 1.56. The highest BCUT2D eigenvalue weighted by molar-refractivity contribution is 6.31. The fraction of sp³-hybridized carbons (Fsp3) is 0.250. The monoisotopic (exact) mass is 542 g/mol. The minimum absolute atomic E-state index is 0.782. The van der Waals surface area contributed by atoms with Gasteiger partial charge in [0.15, 0.2) is 0 Å². The molecule has 2 aliphatic rings. The van der Waals surface area contributed by atoms with Gasteiger partial charge in [-0.05, 0) is 94.0 Å². The van der Waals surface area contributed by atoms with Crippen LogP contribution in [-0.2, 0) is 26.2 Å². The second-order valence-corrected chi connectivity index (χ2v) is 11.5. The summed E-state index contributed by atoms with van der Waals surface area (Å²) in [6.07, 6.45) is 0. The molecule has 4 aromatic rings. The fourth-order valence-electron chi connectivity index (χ4n) is 6.00. The predicted octanol–water partition coefficient (Wildman–Crippen LogP) is 7.83. The molecule has 0 saturated carbocycles. The second kappa shape index (κ2) is 9.76. The van der Waals surface area contributed by atoms with Crippen LogP contribution in [0.5, 0.6) is 0 Å². The van der Waals surface area contributed by atoms with E-state index in [4.69, 9.17) is 23.2 Å². The van der Waals surface area contributed by atoms with Crippen molar-refractivity contribution in [3.63, 3.8) is 0 Å². The zero-order chi connectivity index (χ0) is 26.6. The lowest BCUT2D eigenvalue weighted by molar-refractivity contribution is 0.836. The Bertz CT molecular complexity index is 1420. The molecular formula is C32H32Cl2N4. The standard InChI is InChI=1S/C32H32Cl2N4/c1-35-17-23-13-21(5-9-29(23)37(3)19-25-15-27(33)7-11-31(25)35)22-6-10-30-24(14-22)18-36(2)32-12-8-28(34)16-26(32)20-38(30)4/h5-16H,17-20H2,1-4H3. The molecule has 0 saturated heterocycles. The minimum atomic E-state index is 0.782. The Morgan fingerprint density at radius 3 is 1.05 bits per heavy atom. The average Bonchev–Trinajstić information content (AvgIpc) is 2.87. The summed E-state index contributed by atoms with van der Waals surface area (Å²) in [6, 6.07) is 26.2. The Hall–Kier alpha value is -3.34. The molecule has 194 valence electrons. The fourth-order valence-corrected chi connectivity index (χ4v) is 6.39. The number of hydrogen-bond acceptors (Lipinski definition) is 4. The molecule has 0 radical (unpaired) electrons. The van der Waals surface area contributed by atoms with Crippen molar-refractivity contribution in [2.45, 2.75) is 26.2 Å². The van der Waals surface area contributed by atoms with E-state index in [1.54, 1.807) is 0 Å². The number of benzene rings is 4. The van der Waals surface area contributed by atoms with Crippen LogP contribution in [0.15, 0.2) is 72.8 Å². The zero-order valence-corrected chi connectivity index (χ0v) is 23.8. The van der Waals surface area contributed by atoms with Gasteiger partial charge in [-0.25, -0.2) is 0 Å². The molecule has 4 nitrogen and oxygen atoms in total. The molecule has 0 unspecified atom stereocenters. The summed E-state index contributed by atoms with van der Waals surface area (Å²) < 4.78 is 0. The molecule has 0 amide bonds. The van der Waals surface area contributed by atoms with Gasteiger partial charge in [-0.15, -0.1) is 0 Å². The van der Waals surface area contributed by atoms with E-state index in [1.165, 1.54) is 56.1 Å². The van der Waals surface area contributed by atoms with Crippen molar-refractivity contribution in [1.29, 1.82) is 0 Å². The Labute approximate surface area is 235 Å². The lowest BCUT2D eigenvalue weighted by Crippen LogP contribution is -2.27. The molecule has 6 heteroatoms. The van der Waals surface area contributed by atoms with Gasteiger partial charge in [-0.1, -0.05) is 35.3 Å². The maximum atomic E-state index is 6.33. The quantitative estimate of drug-likeness (QED) is 0.243. The van der Waals surface area contributed by atoms with Crippen molar-refractivity contribution in [2.75, 3.05) is 47.8 Å². The molecule has 0 aliphatic carbocycles. The van der Waals surface area contributed by atoms with E-state index in [0.29, 0.717) is 0 Å². The van der Waals surface area contributed by atoms with Gasteiger partial charge in [0.1, 0.15) is 0 Å². The highest BCUT2D eigenvalue weighted by Crippen LogP contribution is 2.37. The first kappa shape index (κ1) is 25.0. The van der Waals surface area contributed by atoms with Crippen LogP contribution < -0.4 is 19.6 Å². The number of halogens is 2. The maximum Gasteiger partial charge on any atom is 0.0447 e. The third-order valence-electron chi connectivity index (χ3n) is 7.85. The van der Waals surface area contributed by atoms with Gasteiger partial charge >= 0.3 is 0 Å². The van der Waals surface area contributed by atoms with Gasteiger partial charge in [0.25, 0.3) is 0 Å².